The van der Waals surface area contributed by atoms with Crippen molar-refractivity contribution in [2.45, 2.75) is 23.7 Å². The number of alkyl halides is 2. The molecule has 0 aromatic heterocycles. The lowest BCUT2D eigenvalue weighted by Crippen LogP contribution is -2.41. The van der Waals surface area contributed by atoms with E-state index < -0.39 is 4.33 Å². The van der Waals surface area contributed by atoms with Gasteiger partial charge < -0.3 is 5.32 Å². The Morgan fingerprint density at radius 3 is 2.56 bits per heavy atom. The summed E-state index contributed by atoms with van der Waals surface area (Å²) in [6, 6.07) is 9.96. The highest BCUT2D eigenvalue weighted by Gasteiger charge is 2.30. The summed E-state index contributed by atoms with van der Waals surface area (Å²) in [7, 11) is 0. The van der Waals surface area contributed by atoms with Crippen LogP contribution < -0.4 is 5.32 Å². The molecule has 1 atom stereocenters. The molecule has 1 rings (SSSR count). The van der Waals surface area contributed by atoms with Crippen molar-refractivity contribution in [2.75, 3.05) is 6.54 Å². The molecule has 1 nitrogen and oxygen atoms in total. The molecule has 0 bridgehead atoms. The Kier molecular flexibility index (Phi) is 6.48. The van der Waals surface area contributed by atoms with Crippen LogP contribution in [-0.2, 0) is 0 Å². The Bertz CT molecular complexity index is 385. The molecule has 0 aliphatic carbocycles. The van der Waals surface area contributed by atoms with Crippen LogP contribution in [0.25, 0.3) is 6.08 Å². The summed E-state index contributed by atoms with van der Waals surface area (Å²) in [6.45, 7) is 6.33. The van der Waals surface area contributed by atoms with Crippen LogP contribution in [0.4, 0.5) is 0 Å². The quantitative estimate of drug-likeness (QED) is 0.577. The first-order valence-corrected chi connectivity index (χ1v) is 6.81. The Hall–Kier alpha value is -0.760. The van der Waals surface area contributed by atoms with Gasteiger partial charge in [-0.05, 0) is 12.0 Å². The van der Waals surface area contributed by atoms with Gasteiger partial charge in [-0.2, -0.15) is 0 Å². The molecule has 0 aliphatic heterocycles. The van der Waals surface area contributed by atoms with Crippen LogP contribution in [0.3, 0.4) is 0 Å². The lowest BCUT2D eigenvalue weighted by Gasteiger charge is -2.27. The predicted molar refractivity (Wildman–Crippen MR) is 82.2 cm³/mol. The van der Waals surface area contributed by atoms with Crippen LogP contribution in [0, 0.1) is 0 Å². The Labute approximate surface area is 119 Å². The van der Waals surface area contributed by atoms with E-state index in [2.05, 4.69) is 11.9 Å². The van der Waals surface area contributed by atoms with Crippen molar-refractivity contribution in [1.29, 1.82) is 0 Å². The molecule has 0 spiro atoms. The van der Waals surface area contributed by atoms with E-state index in [1.54, 1.807) is 6.08 Å². The minimum atomic E-state index is -0.811. The predicted octanol–water partition coefficient (Wildman–Crippen LogP) is 4.43. The van der Waals surface area contributed by atoms with Gasteiger partial charge in [0.2, 0.25) is 0 Å². The zero-order valence-electron chi connectivity index (χ0n) is 10.6. The molecule has 98 valence electrons. The molecule has 0 aliphatic rings. The number of hydrogen-bond donors (Lipinski definition) is 1. The number of rotatable bonds is 7. The molecule has 1 aromatic rings. The highest BCUT2D eigenvalue weighted by Crippen LogP contribution is 2.30. The van der Waals surface area contributed by atoms with E-state index in [0.29, 0.717) is 13.0 Å². The third-order valence-electron chi connectivity index (χ3n) is 2.69. The van der Waals surface area contributed by atoms with Gasteiger partial charge in [-0.25, -0.2) is 0 Å². The van der Waals surface area contributed by atoms with E-state index in [9.17, 15) is 0 Å². The third kappa shape index (κ3) is 4.85. The standard InChI is InChI=1S/C15H19Cl2N/c1-3-12-18-14(15(16,17)4-2)11-10-13-8-6-5-7-9-13/h3,5-11,14,18H,1,4,12H2,2H3/b11-10+. The van der Waals surface area contributed by atoms with Crippen molar-refractivity contribution in [3.05, 3.63) is 54.6 Å². The van der Waals surface area contributed by atoms with E-state index in [0.717, 1.165) is 5.56 Å². The molecule has 1 aromatic carbocycles. The Balaban J connectivity index is 2.78. The van der Waals surface area contributed by atoms with Crippen molar-refractivity contribution in [3.8, 4) is 0 Å². The van der Waals surface area contributed by atoms with Crippen molar-refractivity contribution in [1.82, 2.24) is 5.32 Å². The smallest absolute Gasteiger partial charge is 0.136 e. The minimum Gasteiger partial charge on any atom is -0.304 e. The van der Waals surface area contributed by atoms with Gasteiger partial charge in [0.05, 0.1) is 6.04 Å². The zero-order valence-corrected chi connectivity index (χ0v) is 12.1. The van der Waals surface area contributed by atoms with Gasteiger partial charge >= 0.3 is 0 Å². The maximum Gasteiger partial charge on any atom is 0.136 e. The zero-order chi connectivity index (χ0) is 13.4. The van der Waals surface area contributed by atoms with Gasteiger partial charge in [0.15, 0.2) is 0 Å². The second-order valence-corrected chi connectivity index (χ2v) is 5.60. The maximum atomic E-state index is 6.31. The monoisotopic (exact) mass is 283 g/mol. The lowest BCUT2D eigenvalue weighted by atomic mass is 10.1. The molecular weight excluding hydrogens is 265 g/mol. The number of benzene rings is 1. The average Bonchev–Trinajstić information content (AvgIpc) is 2.39. The normalized spacial score (nSPS) is 13.7. The summed E-state index contributed by atoms with van der Waals surface area (Å²) in [5, 5.41) is 3.26. The van der Waals surface area contributed by atoms with Gasteiger partial charge in [0, 0.05) is 6.54 Å². The average molecular weight is 284 g/mol. The minimum absolute atomic E-state index is 0.107. The van der Waals surface area contributed by atoms with E-state index in [1.165, 1.54) is 0 Å². The first-order valence-electron chi connectivity index (χ1n) is 6.05. The molecule has 18 heavy (non-hydrogen) atoms. The Morgan fingerprint density at radius 1 is 1.33 bits per heavy atom. The van der Waals surface area contributed by atoms with E-state index in [1.807, 2.05) is 49.4 Å². The second kappa shape index (κ2) is 7.63. The molecule has 0 heterocycles. The largest absolute Gasteiger partial charge is 0.304 e. The van der Waals surface area contributed by atoms with Crippen LogP contribution in [0.5, 0.6) is 0 Å². The molecular formula is C15H19Cl2N. The fourth-order valence-electron chi connectivity index (χ4n) is 1.56. The summed E-state index contributed by atoms with van der Waals surface area (Å²) in [6.07, 6.45) is 6.49. The third-order valence-corrected chi connectivity index (χ3v) is 3.69. The fraction of sp³-hybridized carbons (Fsp3) is 0.333. The number of halogens is 2. The lowest BCUT2D eigenvalue weighted by molar-refractivity contribution is 0.551. The molecule has 1 unspecified atom stereocenters. The van der Waals surface area contributed by atoms with E-state index >= 15 is 0 Å². The van der Waals surface area contributed by atoms with Crippen molar-refractivity contribution >= 4 is 29.3 Å². The van der Waals surface area contributed by atoms with Crippen LogP contribution in [-0.4, -0.2) is 16.9 Å². The summed E-state index contributed by atoms with van der Waals surface area (Å²) in [5.74, 6) is 0. The SMILES string of the molecule is C=CCNC(/C=C/c1ccccc1)C(Cl)(Cl)CC. The Morgan fingerprint density at radius 2 is 2.00 bits per heavy atom. The number of nitrogens with one attached hydrogen (secondary N) is 1. The van der Waals surface area contributed by atoms with Crippen molar-refractivity contribution in [2.24, 2.45) is 0 Å². The van der Waals surface area contributed by atoms with Gasteiger partial charge in [-0.1, -0.05) is 78.7 Å². The first kappa shape index (κ1) is 15.3. The second-order valence-electron chi connectivity index (χ2n) is 4.06. The molecule has 0 amide bonds. The van der Waals surface area contributed by atoms with Gasteiger partial charge in [0.1, 0.15) is 4.33 Å². The molecule has 0 radical (unpaired) electrons. The van der Waals surface area contributed by atoms with E-state index in [-0.39, 0.29) is 6.04 Å². The number of hydrogen-bond acceptors (Lipinski definition) is 1. The van der Waals surface area contributed by atoms with Crippen LogP contribution in [0.1, 0.15) is 18.9 Å². The fourth-order valence-corrected chi connectivity index (χ4v) is 1.86. The highest BCUT2D eigenvalue weighted by molar-refractivity contribution is 6.49. The molecule has 0 saturated heterocycles. The van der Waals surface area contributed by atoms with Crippen LogP contribution in [0.2, 0.25) is 0 Å². The van der Waals surface area contributed by atoms with Crippen molar-refractivity contribution in [3.63, 3.8) is 0 Å². The maximum absolute atomic E-state index is 6.31. The molecule has 1 N–H and O–H groups in total. The van der Waals surface area contributed by atoms with Gasteiger partial charge in [0.25, 0.3) is 0 Å². The van der Waals surface area contributed by atoms with Crippen LogP contribution >= 0.6 is 23.2 Å². The summed E-state index contributed by atoms with van der Waals surface area (Å²) < 4.78 is -0.811. The first-order chi connectivity index (χ1) is 8.60. The molecule has 3 heteroatoms. The van der Waals surface area contributed by atoms with E-state index in [4.69, 9.17) is 23.2 Å². The van der Waals surface area contributed by atoms with Crippen molar-refractivity contribution < 1.29 is 0 Å². The summed E-state index contributed by atoms with van der Waals surface area (Å²) >= 11 is 12.6. The molecule has 0 saturated carbocycles. The molecule has 0 fully saturated rings. The highest BCUT2D eigenvalue weighted by atomic mass is 35.5. The van der Waals surface area contributed by atoms with Gasteiger partial charge in [-0.3, -0.25) is 0 Å². The summed E-state index contributed by atoms with van der Waals surface area (Å²) in [4.78, 5) is 0. The van der Waals surface area contributed by atoms with Crippen LogP contribution in [0.15, 0.2) is 49.1 Å². The summed E-state index contributed by atoms with van der Waals surface area (Å²) in [5.41, 5.74) is 1.13. The topological polar surface area (TPSA) is 12.0 Å². The van der Waals surface area contributed by atoms with Gasteiger partial charge in [-0.15, -0.1) is 6.58 Å².